The van der Waals surface area contributed by atoms with Crippen molar-refractivity contribution in [1.29, 1.82) is 0 Å². The monoisotopic (exact) mass is 386 g/mol. The van der Waals surface area contributed by atoms with Crippen LogP contribution in [0.1, 0.15) is 16.7 Å². The van der Waals surface area contributed by atoms with Gasteiger partial charge in [0, 0.05) is 5.69 Å². The Morgan fingerprint density at radius 3 is 1.96 bits per heavy atom. The summed E-state index contributed by atoms with van der Waals surface area (Å²) in [5.74, 6) is 0.832. The van der Waals surface area contributed by atoms with Gasteiger partial charge in [-0.25, -0.2) is 0 Å². The SMILES string of the molecule is COc1cc(CC(=O)NCC(=O)Nc2c(C)cccc2C)cc(OC)c1OC. The van der Waals surface area contributed by atoms with Crippen molar-refractivity contribution in [2.24, 2.45) is 0 Å². The maximum atomic E-state index is 12.3. The van der Waals surface area contributed by atoms with Crippen LogP contribution in [0.4, 0.5) is 5.69 Å². The summed E-state index contributed by atoms with van der Waals surface area (Å²) in [6.45, 7) is 3.73. The van der Waals surface area contributed by atoms with E-state index in [1.807, 2.05) is 32.0 Å². The Labute approximate surface area is 165 Å². The van der Waals surface area contributed by atoms with Crippen LogP contribution in [-0.2, 0) is 16.0 Å². The third-order valence-corrected chi connectivity index (χ3v) is 4.28. The highest BCUT2D eigenvalue weighted by molar-refractivity contribution is 5.96. The van der Waals surface area contributed by atoms with Gasteiger partial charge in [-0.2, -0.15) is 0 Å². The first-order valence-corrected chi connectivity index (χ1v) is 8.81. The second-order valence-electron chi connectivity index (χ2n) is 6.30. The second-order valence-corrected chi connectivity index (χ2v) is 6.30. The fourth-order valence-corrected chi connectivity index (χ4v) is 2.86. The van der Waals surface area contributed by atoms with Gasteiger partial charge in [0.2, 0.25) is 17.6 Å². The predicted octanol–water partition coefficient (Wildman–Crippen LogP) is 2.63. The van der Waals surface area contributed by atoms with E-state index >= 15 is 0 Å². The van der Waals surface area contributed by atoms with Crippen molar-refractivity contribution in [3.8, 4) is 17.2 Å². The molecule has 28 heavy (non-hydrogen) atoms. The number of anilines is 1. The van der Waals surface area contributed by atoms with Crippen LogP contribution in [0.2, 0.25) is 0 Å². The molecule has 7 heteroatoms. The summed E-state index contributed by atoms with van der Waals surface area (Å²) in [6, 6.07) is 9.19. The van der Waals surface area contributed by atoms with E-state index in [1.165, 1.54) is 21.3 Å². The molecule has 0 radical (unpaired) electrons. The lowest BCUT2D eigenvalue weighted by Crippen LogP contribution is -2.34. The minimum absolute atomic E-state index is 0.0768. The van der Waals surface area contributed by atoms with Gasteiger partial charge >= 0.3 is 0 Å². The number of nitrogens with one attached hydrogen (secondary N) is 2. The van der Waals surface area contributed by atoms with E-state index in [0.717, 1.165) is 16.8 Å². The smallest absolute Gasteiger partial charge is 0.243 e. The molecule has 7 nitrogen and oxygen atoms in total. The van der Waals surface area contributed by atoms with Crippen LogP contribution in [0.25, 0.3) is 0 Å². The van der Waals surface area contributed by atoms with Crippen molar-refractivity contribution in [2.45, 2.75) is 20.3 Å². The molecule has 0 saturated heterocycles. The maximum absolute atomic E-state index is 12.3. The number of methoxy groups -OCH3 is 3. The zero-order chi connectivity index (χ0) is 20.7. The topological polar surface area (TPSA) is 85.9 Å². The van der Waals surface area contributed by atoms with Crippen molar-refractivity contribution < 1.29 is 23.8 Å². The number of benzene rings is 2. The van der Waals surface area contributed by atoms with E-state index < -0.39 is 0 Å². The van der Waals surface area contributed by atoms with Gasteiger partial charge < -0.3 is 24.8 Å². The van der Waals surface area contributed by atoms with Gasteiger partial charge in [-0.15, -0.1) is 0 Å². The Bertz CT molecular complexity index is 819. The van der Waals surface area contributed by atoms with Crippen molar-refractivity contribution in [2.75, 3.05) is 33.2 Å². The van der Waals surface area contributed by atoms with E-state index in [2.05, 4.69) is 10.6 Å². The fourth-order valence-electron chi connectivity index (χ4n) is 2.86. The second kappa shape index (κ2) is 9.64. The van der Waals surface area contributed by atoms with Gasteiger partial charge in [0.15, 0.2) is 11.5 Å². The Morgan fingerprint density at radius 2 is 1.46 bits per heavy atom. The van der Waals surface area contributed by atoms with Crippen LogP contribution in [0.3, 0.4) is 0 Å². The molecule has 2 rings (SSSR count). The Balaban J connectivity index is 1.98. The van der Waals surface area contributed by atoms with E-state index in [9.17, 15) is 9.59 Å². The Morgan fingerprint density at radius 1 is 0.893 bits per heavy atom. The van der Waals surface area contributed by atoms with Gasteiger partial charge in [-0.05, 0) is 42.7 Å². The summed E-state index contributed by atoms with van der Waals surface area (Å²) in [5.41, 5.74) is 3.39. The molecule has 0 aliphatic heterocycles. The Hall–Kier alpha value is -3.22. The number of hydrogen-bond acceptors (Lipinski definition) is 5. The minimum Gasteiger partial charge on any atom is -0.493 e. The number of rotatable bonds is 8. The maximum Gasteiger partial charge on any atom is 0.243 e. The third-order valence-electron chi connectivity index (χ3n) is 4.28. The number of carbonyl (C=O) groups excluding carboxylic acids is 2. The molecule has 2 aromatic carbocycles. The number of ether oxygens (including phenoxy) is 3. The first-order chi connectivity index (χ1) is 13.4. The average molecular weight is 386 g/mol. The lowest BCUT2D eigenvalue weighted by molar-refractivity contribution is -0.123. The summed E-state index contributed by atoms with van der Waals surface area (Å²) in [7, 11) is 4.54. The van der Waals surface area contributed by atoms with Crippen LogP contribution in [0.15, 0.2) is 30.3 Å². The first-order valence-electron chi connectivity index (χ1n) is 8.81. The average Bonchev–Trinajstić information content (AvgIpc) is 2.68. The molecular formula is C21H26N2O5. The van der Waals surface area contributed by atoms with Gasteiger partial charge in [0.1, 0.15) is 0 Å². The minimum atomic E-state index is -0.286. The van der Waals surface area contributed by atoms with Crippen LogP contribution >= 0.6 is 0 Å². The summed E-state index contributed by atoms with van der Waals surface area (Å²) in [5, 5.41) is 5.47. The molecule has 0 atom stereocenters. The van der Waals surface area contributed by atoms with Gasteiger partial charge in [0.05, 0.1) is 34.3 Å². The molecule has 0 bridgehead atoms. The number of aryl methyl sites for hydroxylation is 2. The van der Waals surface area contributed by atoms with E-state index in [4.69, 9.17) is 14.2 Å². The molecule has 0 heterocycles. The molecular weight excluding hydrogens is 360 g/mol. The quantitative estimate of drug-likeness (QED) is 0.728. The summed E-state index contributed by atoms with van der Waals surface area (Å²) < 4.78 is 15.8. The zero-order valence-corrected chi connectivity index (χ0v) is 16.8. The molecule has 0 unspecified atom stereocenters. The number of amides is 2. The van der Waals surface area contributed by atoms with Crippen molar-refractivity contribution in [3.05, 3.63) is 47.0 Å². The van der Waals surface area contributed by atoms with Crippen LogP contribution in [0.5, 0.6) is 17.2 Å². The highest BCUT2D eigenvalue weighted by Gasteiger charge is 2.15. The molecule has 0 spiro atoms. The van der Waals surface area contributed by atoms with Gasteiger partial charge in [-0.3, -0.25) is 9.59 Å². The molecule has 0 fully saturated rings. The summed E-state index contributed by atoms with van der Waals surface area (Å²) >= 11 is 0. The lowest BCUT2D eigenvalue weighted by Gasteiger charge is -2.14. The number of carbonyl (C=O) groups is 2. The molecule has 2 N–H and O–H groups in total. The van der Waals surface area contributed by atoms with E-state index in [0.29, 0.717) is 22.8 Å². The molecule has 0 aliphatic rings. The fraction of sp³-hybridized carbons (Fsp3) is 0.333. The van der Waals surface area contributed by atoms with Crippen molar-refractivity contribution in [3.63, 3.8) is 0 Å². The summed E-state index contributed by atoms with van der Waals surface area (Å²) in [6.07, 6.45) is 0.0768. The van der Waals surface area contributed by atoms with Crippen LogP contribution in [-0.4, -0.2) is 39.7 Å². The molecule has 150 valence electrons. The largest absolute Gasteiger partial charge is 0.493 e. The summed E-state index contributed by atoms with van der Waals surface area (Å²) in [4.78, 5) is 24.4. The highest BCUT2D eigenvalue weighted by atomic mass is 16.5. The molecule has 2 aromatic rings. The van der Waals surface area contributed by atoms with E-state index in [-0.39, 0.29) is 24.8 Å². The first kappa shape index (κ1) is 21.1. The molecule has 0 aliphatic carbocycles. The lowest BCUT2D eigenvalue weighted by atomic mass is 10.1. The standard InChI is InChI=1S/C21H26N2O5/c1-13-7-6-8-14(2)20(13)23-19(25)12-22-18(24)11-15-9-16(26-3)21(28-5)17(10-15)27-4/h6-10H,11-12H2,1-5H3,(H,22,24)(H,23,25). The molecule has 0 aromatic heterocycles. The van der Waals surface area contributed by atoms with Gasteiger partial charge in [-0.1, -0.05) is 18.2 Å². The highest BCUT2D eigenvalue weighted by Crippen LogP contribution is 2.38. The normalized spacial score (nSPS) is 10.2. The predicted molar refractivity (Wildman–Crippen MR) is 107 cm³/mol. The molecule has 2 amide bonds. The third kappa shape index (κ3) is 5.16. The Kier molecular flexibility index (Phi) is 7.26. The van der Waals surface area contributed by atoms with Gasteiger partial charge in [0.25, 0.3) is 0 Å². The van der Waals surface area contributed by atoms with Crippen LogP contribution in [0, 0.1) is 13.8 Å². The van der Waals surface area contributed by atoms with Crippen molar-refractivity contribution in [1.82, 2.24) is 5.32 Å². The number of para-hydroxylation sites is 1. The van der Waals surface area contributed by atoms with Crippen LogP contribution < -0.4 is 24.8 Å². The molecule has 0 saturated carbocycles. The number of hydrogen-bond donors (Lipinski definition) is 2. The zero-order valence-electron chi connectivity index (χ0n) is 16.8. The van der Waals surface area contributed by atoms with Crippen molar-refractivity contribution >= 4 is 17.5 Å². The van der Waals surface area contributed by atoms with E-state index in [1.54, 1.807) is 12.1 Å².